The lowest BCUT2D eigenvalue weighted by Crippen LogP contribution is -2.47. The van der Waals surface area contributed by atoms with Crippen molar-refractivity contribution in [1.82, 2.24) is 14.6 Å². The van der Waals surface area contributed by atoms with Crippen molar-refractivity contribution in [3.63, 3.8) is 0 Å². The van der Waals surface area contributed by atoms with Crippen LogP contribution in [-0.2, 0) is 38.8 Å². The number of pyridine rings is 1. The lowest BCUT2D eigenvalue weighted by atomic mass is 9.88. The summed E-state index contributed by atoms with van der Waals surface area (Å²) in [5.41, 5.74) is 4.98. The monoisotopic (exact) mass is 579 g/mol. The highest BCUT2D eigenvalue weighted by Gasteiger charge is 2.29. The molecule has 4 rings (SSSR count). The molecule has 2 N–H and O–H groups in total. The fourth-order valence-electron chi connectivity index (χ4n) is 5.69. The second-order valence-electron chi connectivity index (χ2n) is 11.6. The summed E-state index contributed by atoms with van der Waals surface area (Å²) in [6.07, 6.45) is 5.81. The standard InChI is InChI=1S/C32H41N3O5S/c1-32(2,18-23-15-25-10-5-6-11-26(25)16-23)34-20-28(36)22-35(3)41(38,39)29-17-27(19-33-21-29)30-12-8-7-9-24(30)13-14-31(37)40-4/h5-12,17,19,21,23,28,34,36H,13-16,18,20,22H2,1-4H3/t28-/m1/s1. The number of sulfonamides is 1. The highest BCUT2D eigenvalue weighted by atomic mass is 32.2. The molecule has 1 heterocycles. The predicted molar refractivity (Wildman–Crippen MR) is 160 cm³/mol. The highest BCUT2D eigenvalue weighted by molar-refractivity contribution is 7.89. The molecule has 1 aliphatic rings. The van der Waals surface area contributed by atoms with Crippen molar-refractivity contribution in [1.29, 1.82) is 0 Å². The summed E-state index contributed by atoms with van der Waals surface area (Å²) in [5, 5.41) is 14.2. The third kappa shape index (κ3) is 8.01. The number of carbonyl (C=O) groups is 1. The van der Waals surface area contributed by atoms with E-state index < -0.39 is 16.1 Å². The van der Waals surface area contributed by atoms with Gasteiger partial charge in [0.25, 0.3) is 0 Å². The van der Waals surface area contributed by atoms with Crippen molar-refractivity contribution < 1.29 is 23.1 Å². The van der Waals surface area contributed by atoms with Gasteiger partial charge in [-0.25, -0.2) is 8.42 Å². The van der Waals surface area contributed by atoms with Crippen LogP contribution in [0.15, 0.2) is 71.9 Å². The van der Waals surface area contributed by atoms with Crippen LogP contribution in [0.5, 0.6) is 0 Å². The largest absolute Gasteiger partial charge is 0.469 e. The van der Waals surface area contributed by atoms with Gasteiger partial charge in [-0.2, -0.15) is 4.31 Å². The zero-order valence-corrected chi connectivity index (χ0v) is 25.2. The van der Waals surface area contributed by atoms with Gasteiger partial charge in [0, 0.05) is 50.1 Å². The highest BCUT2D eigenvalue weighted by Crippen LogP contribution is 2.32. The fourth-order valence-corrected chi connectivity index (χ4v) is 6.89. The number of aromatic nitrogens is 1. The van der Waals surface area contributed by atoms with Crippen molar-refractivity contribution in [3.8, 4) is 11.1 Å². The van der Waals surface area contributed by atoms with Crippen molar-refractivity contribution in [3.05, 3.63) is 83.7 Å². The Morgan fingerprint density at radius 3 is 2.46 bits per heavy atom. The summed E-state index contributed by atoms with van der Waals surface area (Å²) in [6, 6.07) is 17.7. The number of carbonyl (C=O) groups excluding carboxylic acids is 1. The van der Waals surface area contributed by atoms with E-state index in [1.54, 1.807) is 12.3 Å². The molecule has 0 bridgehead atoms. The minimum atomic E-state index is -3.90. The van der Waals surface area contributed by atoms with Crippen molar-refractivity contribution >= 4 is 16.0 Å². The number of benzene rings is 2. The molecule has 2 aromatic carbocycles. The van der Waals surface area contributed by atoms with Gasteiger partial charge in [0.2, 0.25) is 10.0 Å². The molecule has 0 saturated carbocycles. The summed E-state index contributed by atoms with van der Waals surface area (Å²) in [5.74, 6) is 0.233. The third-order valence-corrected chi connectivity index (χ3v) is 9.58. The number of hydrogen-bond donors (Lipinski definition) is 2. The van der Waals surface area contributed by atoms with Crippen LogP contribution in [0.2, 0.25) is 0 Å². The van der Waals surface area contributed by atoms with Crippen molar-refractivity contribution in [2.75, 3.05) is 27.2 Å². The van der Waals surface area contributed by atoms with Crippen LogP contribution in [0.25, 0.3) is 11.1 Å². The predicted octanol–water partition coefficient (Wildman–Crippen LogP) is 4.01. The lowest BCUT2D eigenvalue weighted by molar-refractivity contribution is -0.140. The number of β-amino-alcohol motifs (C(OH)–C–C–N with tert-alkyl or cyclic N) is 1. The first kappa shape index (κ1) is 30.8. The van der Waals surface area contributed by atoms with Gasteiger partial charge < -0.3 is 15.2 Å². The zero-order chi connectivity index (χ0) is 29.6. The molecule has 0 fully saturated rings. The first-order valence-corrected chi connectivity index (χ1v) is 15.5. The number of nitrogens with one attached hydrogen (secondary N) is 1. The van der Waals surface area contributed by atoms with E-state index in [0.717, 1.165) is 30.4 Å². The third-order valence-electron chi connectivity index (χ3n) is 7.79. The summed E-state index contributed by atoms with van der Waals surface area (Å²) in [6.45, 7) is 4.48. The Balaban J connectivity index is 1.36. The molecule has 0 unspecified atom stereocenters. The Morgan fingerprint density at radius 1 is 1.12 bits per heavy atom. The van der Waals surface area contributed by atoms with E-state index >= 15 is 0 Å². The lowest BCUT2D eigenvalue weighted by Gasteiger charge is -2.31. The number of hydrogen-bond acceptors (Lipinski definition) is 7. The maximum absolute atomic E-state index is 13.4. The van der Waals surface area contributed by atoms with Gasteiger partial charge in [-0.1, -0.05) is 48.5 Å². The van der Waals surface area contributed by atoms with Crippen LogP contribution in [0.1, 0.15) is 43.4 Å². The molecular weight excluding hydrogens is 538 g/mol. The van der Waals surface area contributed by atoms with Gasteiger partial charge in [0.1, 0.15) is 4.90 Å². The number of fused-ring (bicyclic) bond motifs is 1. The quantitative estimate of drug-likeness (QED) is 0.295. The zero-order valence-electron chi connectivity index (χ0n) is 24.3. The molecule has 0 spiro atoms. The molecule has 1 aromatic heterocycles. The molecule has 0 radical (unpaired) electrons. The van der Waals surface area contributed by atoms with Crippen LogP contribution in [0.4, 0.5) is 0 Å². The molecule has 0 amide bonds. The van der Waals surface area contributed by atoms with E-state index in [9.17, 15) is 18.3 Å². The Hall–Kier alpha value is -3.11. The van der Waals surface area contributed by atoms with E-state index in [0.29, 0.717) is 17.9 Å². The van der Waals surface area contributed by atoms with E-state index in [-0.39, 0.29) is 35.9 Å². The van der Waals surface area contributed by atoms with Gasteiger partial charge in [0.05, 0.1) is 13.2 Å². The number of nitrogens with zero attached hydrogens (tertiary/aromatic N) is 2. The van der Waals surface area contributed by atoms with Gasteiger partial charge in [-0.15, -0.1) is 0 Å². The van der Waals surface area contributed by atoms with Gasteiger partial charge in [-0.05, 0) is 73.8 Å². The molecule has 8 nitrogen and oxygen atoms in total. The second kappa shape index (κ2) is 13.2. The number of aliphatic hydroxyl groups is 1. The molecule has 9 heteroatoms. The molecule has 0 aliphatic heterocycles. The normalized spacial score (nSPS) is 14.7. The average molecular weight is 580 g/mol. The summed E-state index contributed by atoms with van der Waals surface area (Å²) < 4.78 is 32.8. The second-order valence-corrected chi connectivity index (χ2v) is 13.6. The summed E-state index contributed by atoms with van der Waals surface area (Å²) in [7, 11) is -1.08. The van der Waals surface area contributed by atoms with Crippen LogP contribution >= 0.6 is 0 Å². The minimum Gasteiger partial charge on any atom is -0.469 e. The van der Waals surface area contributed by atoms with Crippen LogP contribution in [0, 0.1) is 5.92 Å². The number of rotatable bonds is 13. The number of likely N-dealkylation sites (N-methyl/N-ethyl adjacent to an activating group) is 1. The average Bonchev–Trinajstić information content (AvgIpc) is 3.36. The van der Waals surface area contributed by atoms with Crippen LogP contribution in [-0.4, -0.2) is 67.7 Å². The Morgan fingerprint density at radius 2 is 1.78 bits per heavy atom. The number of methoxy groups -OCH3 is 1. The molecule has 0 saturated heterocycles. The molecule has 220 valence electrons. The molecule has 1 atom stereocenters. The topological polar surface area (TPSA) is 109 Å². The first-order chi connectivity index (χ1) is 19.5. The van der Waals surface area contributed by atoms with E-state index in [2.05, 4.69) is 48.4 Å². The SMILES string of the molecule is COC(=O)CCc1ccccc1-c1cncc(S(=O)(=O)N(C)C[C@H](O)CNC(C)(C)CC2Cc3ccccc3C2)c1. The Labute approximate surface area is 243 Å². The summed E-state index contributed by atoms with van der Waals surface area (Å²) in [4.78, 5) is 15.9. The number of esters is 1. The van der Waals surface area contributed by atoms with E-state index in [4.69, 9.17) is 4.74 Å². The fraction of sp³-hybridized carbons (Fsp3) is 0.438. The molecule has 3 aromatic rings. The summed E-state index contributed by atoms with van der Waals surface area (Å²) >= 11 is 0. The Kier molecular flexibility index (Phi) is 9.96. The van der Waals surface area contributed by atoms with Gasteiger partial charge in [0.15, 0.2) is 0 Å². The number of aryl methyl sites for hydroxylation is 1. The smallest absolute Gasteiger partial charge is 0.305 e. The van der Waals surface area contributed by atoms with Crippen LogP contribution in [0.3, 0.4) is 0 Å². The van der Waals surface area contributed by atoms with Gasteiger partial charge >= 0.3 is 5.97 Å². The molecular formula is C32H41N3O5S. The number of ether oxygens (including phenoxy) is 1. The Bertz CT molecular complexity index is 1430. The maximum Gasteiger partial charge on any atom is 0.305 e. The maximum atomic E-state index is 13.4. The first-order valence-electron chi connectivity index (χ1n) is 14.0. The molecule has 1 aliphatic carbocycles. The van der Waals surface area contributed by atoms with E-state index in [1.165, 1.54) is 35.8 Å². The van der Waals surface area contributed by atoms with E-state index in [1.807, 2.05) is 24.3 Å². The van der Waals surface area contributed by atoms with Crippen molar-refractivity contribution in [2.45, 2.75) is 62.5 Å². The van der Waals surface area contributed by atoms with Crippen molar-refractivity contribution in [2.24, 2.45) is 5.92 Å². The van der Waals surface area contributed by atoms with Crippen LogP contribution < -0.4 is 5.32 Å². The van der Waals surface area contributed by atoms with Gasteiger partial charge in [-0.3, -0.25) is 9.78 Å². The number of aliphatic hydroxyl groups excluding tert-OH is 1. The molecule has 41 heavy (non-hydrogen) atoms. The minimum absolute atomic E-state index is 0.0431.